The number of halogens is 1. The van der Waals surface area contributed by atoms with Gasteiger partial charge in [-0.25, -0.2) is 4.98 Å². The van der Waals surface area contributed by atoms with Crippen LogP contribution >= 0.6 is 12.4 Å². The molecule has 1 aliphatic rings. The van der Waals surface area contributed by atoms with Gasteiger partial charge in [-0.3, -0.25) is 4.79 Å². The fourth-order valence-electron chi connectivity index (χ4n) is 2.17. The molecular weight excluding hydrogens is 306 g/mol. The van der Waals surface area contributed by atoms with E-state index in [0.717, 1.165) is 29.8 Å². The third-order valence-corrected chi connectivity index (χ3v) is 3.52. The molecule has 3 rings (SSSR count). The highest BCUT2D eigenvalue weighted by Crippen LogP contribution is 2.18. The number of aromatic nitrogens is 1. The van der Waals surface area contributed by atoms with Crippen LogP contribution in [0.4, 0.5) is 0 Å². The van der Waals surface area contributed by atoms with Crippen molar-refractivity contribution in [3.05, 3.63) is 29.7 Å². The Morgan fingerprint density at radius 2 is 2.32 bits per heavy atom. The van der Waals surface area contributed by atoms with Gasteiger partial charge in [0.15, 0.2) is 11.5 Å². The Kier molecular flexibility index (Phi) is 5.76. The van der Waals surface area contributed by atoms with Crippen LogP contribution in [0.1, 0.15) is 11.5 Å². The number of ether oxygens (including phenoxy) is 1. The van der Waals surface area contributed by atoms with Gasteiger partial charge in [-0.1, -0.05) is 12.1 Å². The summed E-state index contributed by atoms with van der Waals surface area (Å²) >= 11 is 0. The van der Waals surface area contributed by atoms with E-state index < -0.39 is 0 Å². The molecule has 0 atom stereocenters. The number of carbonyl (C=O) groups is 1. The Bertz CT molecular complexity index is 640. The van der Waals surface area contributed by atoms with Gasteiger partial charge < -0.3 is 19.8 Å². The molecule has 6 nitrogen and oxygen atoms in total. The maximum Gasteiger partial charge on any atom is 0.246 e. The molecule has 7 heteroatoms. The number of nitrogens with zero attached hydrogens (tertiary/aromatic N) is 1. The monoisotopic (exact) mass is 325 g/mol. The summed E-state index contributed by atoms with van der Waals surface area (Å²) in [7, 11) is 0. The van der Waals surface area contributed by atoms with Crippen LogP contribution in [-0.2, 0) is 16.0 Å². The molecule has 1 fully saturated rings. The minimum Gasteiger partial charge on any atom is -0.441 e. The number of fused-ring (bicyclic) bond motifs is 1. The van der Waals surface area contributed by atoms with Gasteiger partial charge in [0, 0.05) is 26.1 Å². The molecule has 2 N–H and O–H groups in total. The summed E-state index contributed by atoms with van der Waals surface area (Å²) in [5.74, 6) is 0.540. The number of hydrogen-bond acceptors (Lipinski definition) is 5. The molecule has 0 radical (unpaired) electrons. The summed E-state index contributed by atoms with van der Waals surface area (Å²) < 4.78 is 11.0. The Morgan fingerprint density at radius 3 is 3.00 bits per heavy atom. The first-order valence-corrected chi connectivity index (χ1v) is 7.16. The highest BCUT2D eigenvalue weighted by molar-refractivity contribution is 5.85. The molecule has 120 valence electrons. The largest absolute Gasteiger partial charge is 0.441 e. The van der Waals surface area contributed by atoms with Crippen molar-refractivity contribution in [2.24, 2.45) is 0 Å². The van der Waals surface area contributed by atoms with Crippen molar-refractivity contribution in [3.8, 4) is 0 Å². The number of para-hydroxylation sites is 1. The number of carbonyl (C=O) groups excluding carboxylic acids is 1. The van der Waals surface area contributed by atoms with Crippen LogP contribution in [0.5, 0.6) is 0 Å². The fourth-order valence-corrected chi connectivity index (χ4v) is 2.17. The van der Waals surface area contributed by atoms with E-state index in [-0.39, 0.29) is 31.0 Å². The van der Waals surface area contributed by atoms with E-state index in [1.165, 1.54) is 0 Å². The quantitative estimate of drug-likeness (QED) is 0.834. The Labute approximate surface area is 135 Å². The lowest BCUT2D eigenvalue weighted by atomic mass is 10.2. The molecule has 1 aliphatic heterocycles. The van der Waals surface area contributed by atoms with Crippen molar-refractivity contribution in [1.29, 1.82) is 0 Å². The molecule has 0 unspecified atom stereocenters. The van der Waals surface area contributed by atoms with Crippen LogP contribution in [-0.4, -0.2) is 43.2 Å². The second-order valence-electron chi connectivity index (χ2n) is 5.22. The SMILES string of the molecule is Cc1cccc2oc(CCNC(=O)COC3CNC3)nc12.Cl. The van der Waals surface area contributed by atoms with Crippen LogP contribution in [0.15, 0.2) is 22.6 Å². The lowest BCUT2D eigenvalue weighted by Gasteiger charge is -2.26. The summed E-state index contributed by atoms with van der Waals surface area (Å²) in [5.41, 5.74) is 2.77. The number of amides is 1. The highest BCUT2D eigenvalue weighted by Gasteiger charge is 2.18. The van der Waals surface area contributed by atoms with Crippen molar-refractivity contribution in [3.63, 3.8) is 0 Å². The second kappa shape index (κ2) is 7.58. The predicted octanol–water partition coefficient (Wildman–Crippen LogP) is 1.21. The zero-order chi connectivity index (χ0) is 14.7. The second-order valence-corrected chi connectivity index (χ2v) is 5.22. The van der Waals surface area contributed by atoms with E-state index in [2.05, 4.69) is 15.6 Å². The Balaban J connectivity index is 0.00000176. The maximum absolute atomic E-state index is 11.6. The minimum atomic E-state index is -0.103. The number of hydrogen-bond donors (Lipinski definition) is 2. The number of oxazole rings is 1. The first-order chi connectivity index (χ1) is 10.2. The molecule has 1 aromatic carbocycles. The van der Waals surface area contributed by atoms with Crippen LogP contribution in [0.25, 0.3) is 11.1 Å². The third-order valence-electron chi connectivity index (χ3n) is 3.52. The minimum absolute atomic E-state index is 0. The molecule has 1 saturated heterocycles. The standard InChI is InChI=1S/C15H19N3O3.ClH/c1-10-3-2-4-12-15(10)18-14(21-12)5-6-17-13(19)9-20-11-7-16-8-11;/h2-4,11,16H,5-9H2,1H3,(H,17,19);1H. The van der Waals surface area contributed by atoms with E-state index in [1.54, 1.807) is 0 Å². The van der Waals surface area contributed by atoms with Crippen LogP contribution in [0.3, 0.4) is 0 Å². The molecule has 22 heavy (non-hydrogen) atoms. The summed E-state index contributed by atoms with van der Waals surface area (Å²) in [6.45, 7) is 4.27. The molecule has 1 aromatic heterocycles. The molecule has 2 aromatic rings. The summed E-state index contributed by atoms with van der Waals surface area (Å²) in [4.78, 5) is 16.0. The third kappa shape index (κ3) is 3.97. The number of benzene rings is 1. The molecular formula is C15H20ClN3O3. The van der Waals surface area contributed by atoms with E-state index in [4.69, 9.17) is 9.15 Å². The Hall–Kier alpha value is -1.63. The van der Waals surface area contributed by atoms with Gasteiger partial charge in [0.1, 0.15) is 12.1 Å². The van der Waals surface area contributed by atoms with Crippen molar-refractivity contribution in [1.82, 2.24) is 15.6 Å². The lowest BCUT2D eigenvalue weighted by molar-refractivity contribution is -0.128. The van der Waals surface area contributed by atoms with E-state index in [0.29, 0.717) is 18.9 Å². The summed E-state index contributed by atoms with van der Waals surface area (Å²) in [6, 6.07) is 5.85. The van der Waals surface area contributed by atoms with Crippen molar-refractivity contribution >= 4 is 29.4 Å². The van der Waals surface area contributed by atoms with Gasteiger partial charge >= 0.3 is 0 Å². The molecule has 0 bridgehead atoms. The normalized spacial score (nSPS) is 14.4. The van der Waals surface area contributed by atoms with Gasteiger partial charge in [0.05, 0.1) is 6.10 Å². The predicted molar refractivity (Wildman–Crippen MR) is 85.3 cm³/mol. The lowest BCUT2D eigenvalue weighted by Crippen LogP contribution is -2.49. The fraction of sp³-hybridized carbons (Fsp3) is 0.467. The molecule has 2 heterocycles. The Morgan fingerprint density at radius 1 is 1.50 bits per heavy atom. The summed E-state index contributed by atoms with van der Waals surface area (Å²) in [6.07, 6.45) is 0.751. The van der Waals surface area contributed by atoms with Gasteiger partial charge in [-0.15, -0.1) is 12.4 Å². The number of rotatable bonds is 6. The average Bonchev–Trinajstić information content (AvgIpc) is 2.81. The smallest absolute Gasteiger partial charge is 0.246 e. The van der Waals surface area contributed by atoms with Crippen molar-refractivity contribution < 1.29 is 13.9 Å². The zero-order valence-electron chi connectivity index (χ0n) is 12.4. The van der Waals surface area contributed by atoms with Crippen LogP contribution in [0, 0.1) is 6.92 Å². The number of nitrogens with one attached hydrogen (secondary N) is 2. The number of aryl methyl sites for hydroxylation is 1. The van der Waals surface area contributed by atoms with Crippen molar-refractivity contribution in [2.45, 2.75) is 19.4 Å². The first-order valence-electron chi connectivity index (χ1n) is 7.16. The van der Waals surface area contributed by atoms with E-state index in [9.17, 15) is 4.79 Å². The topological polar surface area (TPSA) is 76.4 Å². The van der Waals surface area contributed by atoms with Gasteiger partial charge in [-0.2, -0.15) is 0 Å². The van der Waals surface area contributed by atoms with Crippen LogP contribution in [0.2, 0.25) is 0 Å². The molecule has 0 saturated carbocycles. The van der Waals surface area contributed by atoms with Gasteiger partial charge in [-0.05, 0) is 18.6 Å². The van der Waals surface area contributed by atoms with Crippen molar-refractivity contribution in [2.75, 3.05) is 26.2 Å². The van der Waals surface area contributed by atoms with E-state index in [1.807, 2.05) is 25.1 Å². The highest BCUT2D eigenvalue weighted by atomic mass is 35.5. The summed E-state index contributed by atoms with van der Waals surface area (Å²) in [5, 5.41) is 5.90. The maximum atomic E-state index is 11.6. The molecule has 0 spiro atoms. The average molecular weight is 326 g/mol. The van der Waals surface area contributed by atoms with Gasteiger partial charge in [0.25, 0.3) is 0 Å². The molecule has 1 amide bonds. The van der Waals surface area contributed by atoms with E-state index >= 15 is 0 Å². The first kappa shape index (κ1) is 16.7. The van der Waals surface area contributed by atoms with Gasteiger partial charge in [0.2, 0.25) is 5.91 Å². The molecule has 0 aliphatic carbocycles. The zero-order valence-corrected chi connectivity index (χ0v) is 13.2. The van der Waals surface area contributed by atoms with Crippen LogP contribution < -0.4 is 10.6 Å².